The molecule has 0 amide bonds. The third kappa shape index (κ3) is 4.12. The molecule has 1 aromatic carbocycles. The molecule has 0 aliphatic carbocycles. The fourth-order valence-electron chi connectivity index (χ4n) is 3.95. The zero-order chi connectivity index (χ0) is 22.1. The number of rotatable bonds is 5. The summed E-state index contributed by atoms with van der Waals surface area (Å²) in [5, 5.41) is 7.08. The van der Waals surface area contributed by atoms with Gasteiger partial charge < -0.3 is 4.74 Å². The maximum Gasteiger partial charge on any atom is 0.170 e. The highest BCUT2D eigenvalue weighted by molar-refractivity contribution is 6.32. The van der Waals surface area contributed by atoms with Gasteiger partial charge in [-0.1, -0.05) is 31.5 Å². The molecule has 3 heterocycles. The number of hydrogen-bond acceptors (Lipinski definition) is 4. The Morgan fingerprint density at radius 1 is 1.32 bits per heavy atom. The third-order valence-electron chi connectivity index (χ3n) is 5.57. The van der Waals surface area contributed by atoms with Crippen molar-refractivity contribution in [2.75, 3.05) is 6.61 Å². The van der Waals surface area contributed by atoms with Gasteiger partial charge in [0, 0.05) is 17.3 Å². The quantitative estimate of drug-likeness (QED) is 0.524. The number of carbonyl (C=O) groups is 1. The molecular weight excluding hydrogens is 417 g/mol. The number of aromatic nitrogens is 3. The summed E-state index contributed by atoms with van der Waals surface area (Å²) < 4.78 is 19.4. The Labute approximate surface area is 185 Å². The molecular formula is C24H23ClFN3O2. The average Bonchev–Trinajstić information content (AvgIpc) is 3.19. The van der Waals surface area contributed by atoms with Crippen LogP contribution >= 0.6 is 11.6 Å². The van der Waals surface area contributed by atoms with Crippen molar-refractivity contribution in [3.63, 3.8) is 0 Å². The Morgan fingerprint density at radius 2 is 2.13 bits per heavy atom. The van der Waals surface area contributed by atoms with Crippen molar-refractivity contribution in [1.29, 1.82) is 0 Å². The lowest BCUT2D eigenvalue weighted by molar-refractivity contribution is -0.118. The Balaban J connectivity index is 1.67. The van der Waals surface area contributed by atoms with Crippen molar-refractivity contribution in [2.45, 2.75) is 33.1 Å². The van der Waals surface area contributed by atoms with Gasteiger partial charge in [-0.2, -0.15) is 5.10 Å². The van der Waals surface area contributed by atoms with Crippen LogP contribution in [0.15, 0.2) is 42.7 Å². The normalized spacial score (nSPS) is 16.2. The SMILES string of the molecule is C/C=C(/C(=O)C1COc2ccc(F)cc2C1)c1cnc(-c2cn[nH]c2Cl)cc1C(C)C. The number of aromatic amines is 1. The van der Waals surface area contributed by atoms with Crippen LogP contribution in [0.25, 0.3) is 16.8 Å². The number of ketones is 1. The number of hydrogen-bond donors (Lipinski definition) is 1. The predicted octanol–water partition coefficient (Wildman–Crippen LogP) is 5.61. The highest BCUT2D eigenvalue weighted by Crippen LogP contribution is 2.35. The monoisotopic (exact) mass is 439 g/mol. The number of pyridine rings is 1. The van der Waals surface area contributed by atoms with Gasteiger partial charge in [0.1, 0.15) is 16.7 Å². The Hall–Kier alpha value is -2.99. The molecule has 0 radical (unpaired) electrons. The maximum atomic E-state index is 13.7. The minimum absolute atomic E-state index is 0.0322. The third-order valence-corrected chi connectivity index (χ3v) is 5.86. The summed E-state index contributed by atoms with van der Waals surface area (Å²) in [7, 11) is 0. The van der Waals surface area contributed by atoms with Crippen LogP contribution in [0.4, 0.5) is 4.39 Å². The number of ether oxygens (including phenoxy) is 1. The molecule has 0 spiro atoms. The van der Waals surface area contributed by atoms with Gasteiger partial charge in [0.2, 0.25) is 0 Å². The number of halogens is 2. The number of nitrogens with one attached hydrogen (secondary N) is 1. The van der Waals surface area contributed by atoms with E-state index in [9.17, 15) is 9.18 Å². The van der Waals surface area contributed by atoms with Gasteiger partial charge in [-0.3, -0.25) is 14.9 Å². The molecule has 0 saturated heterocycles. The molecule has 1 aliphatic heterocycles. The molecule has 1 unspecified atom stereocenters. The van der Waals surface area contributed by atoms with E-state index in [2.05, 4.69) is 29.0 Å². The Morgan fingerprint density at radius 3 is 2.81 bits per heavy atom. The van der Waals surface area contributed by atoms with E-state index in [1.54, 1.807) is 18.5 Å². The summed E-state index contributed by atoms with van der Waals surface area (Å²) in [6.07, 6.45) is 5.61. The highest BCUT2D eigenvalue weighted by Gasteiger charge is 2.30. The molecule has 1 atom stereocenters. The Bertz CT molecular complexity index is 1170. The van der Waals surface area contributed by atoms with Crippen LogP contribution in [0.3, 0.4) is 0 Å². The van der Waals surface area contributed by atoms with E-state index in [0.717, 1.165) is 11.1 Å². The summed E-state index contributed by atoms with van der Waals surface area (Å²) in [6, 6.07) is 6.37. The van der Waals surface area contributed by atoms with E-state index in [1.165, 1.54) is 12.1 Å². The molecule has 1 aliphatic rings. The smallest absolute Gasteiger partial charge is 0.170 e. The first kappa shape index (κ1) is 21.2. The summed E-state index contributed by atoms with van der Waals surface area (Å²) >= 11 is 6.18. The minimum atomic E-state index is -0.386. The first-order valence-electron chi connectivity index (χ1n) is 10.2. The number of allylic oxidation sites excluding steroid dienone is 2. The molecule has 0 fully saturated rings. The van der Waals surface area contributed by atoms with Crippen molar-refractivity contribution < 1.29 is 13.9 Å². The van der Waals surface area contributed by atoms with E-state index in [0.29, 0.717) is 39.7 Å². The highest BCUT2D eigenvalue weighted by atomic mass is 35.5. The molecule has 0 saturated carbocycles. The first-order chi connectivity index (χ1) is 14.9. The van der Waals surface area contributed by atoms with Gasteiger partial charge in [0.05, 0.1) is 30.0 Å². The summed E-state index contributed by atoms with van der Waals surface area (Å²) in [6.45, 7) is 6.25. The van der Waals surface area contributed by atoms with Crippen LogP contribution in [0.2, 0.25) is 5.15 Å². The van der Waals surface area contributed by atoms with Gasteiger partial charge in [-0.15, -0.1) is 0 Å². The lowest BCUT2D eigenvalue weighted by Gasteiger charge is -2.26. The van der Waals surface area contributed by atoms with Crippen molar-refractivity contribution in [2.24, 2.45) is 5.92 Å². The molecule has 160 valence electrons. The van der Waals surface area contributed by atoms with Gasteiger partial charge in [-0.05, 0) is 54.7 Å². The van der Waals surface area contributed by atoms with E-state index in [1.807, 2.05) is 19.1 Å². The number of benzene rings is 1. The fraction of sp³-hybridized carbons (Fsp3) is 0.292. The van der Waals surface area contributed by atoms with Crippen molar-refractivity contribution in [3.05, 3.63) is 70.4 Å². The molecule has 31 heavy (non-hydrogen) atoms. The molecule has 2 aromatic heterocycles. The zero-order valence-corrected chi connectivity index (χ0v) is 18.3. The molecule has 5 nitrogen and oxygen atoms in total. The number of nitrogens with zero attached hydrogens (tertiary/aromatic N) is 2. The average molecular weight is 440 g/mol. The minimum Gasteiger partial charge on any atom is -0.493 e. The van der Waals surface area contributed by atoms with Crippen molar-refractivity contribution in [1.82, 2.24) is 15.2 Å². The van der Waals surface area contributed by atoms with Crippen LogP contribution in [0.1, 0.15) is 43.4 Å². The van der Waals surface area contributed by atoms with E-state index >= 15 is 0 Å². The molecule has 1 N–H and O–H groups in total. The lowest BCUT2D eigenvalue weighted by atomic mass is 9.84. The van der Waals surface area contributed by atoms with E-state index < -0.39 is 0 Å². The topological polar surface area (TPSA) is 67.9 Å². The molecule has 4 rings (SSSR count). The maximum absolute atomic E-state index is 13.7. The summed E-state index contributed by atoms with van der Waals surface area (Å²) in [5.41, 5.74) is 4.49. The summed E-state index contributed by atoms with van der Waals surface area (Å²) in [5.74, 6) is 0.0428. The number of H-pyrrole nitrogens is 1. The van der Waals surface area contributed by atoms with Crippen LogP contribution in [-0.4, -0.2) is 27.6 Å². The van der Waals surface area contributed by atoms with E-state index in [4.69, 9.17) is 16.3 Å². The Kier molecular flexibility index (Phi) is 5.92. The van der Waals surface area contributed by atoms with Gasteiger partial charge >= 0.3 is 0 Å². The fourth-order valence-corrected chi connectivity index (χ4v) is 4.15. The predicted molar refractivity (Wildman–Crippen MR) is 119 cm³/mol. The lowest BCUT2D eigenvalue weighted by Crippen LogP contribution is -2.29. The first-order valence-corrected chi connectivity index (χ1v) is 10.6. The molecule has 3 aromatic rings. The standard InChI is InChI=1S/C24H23ClFN3O2/c1-4-17(23(30)15-7-14-8-16(26)5-6-22(14)31-12-15)19-10-27-21(9-18(19)13(2)3)20-11-28-29-24(20)25/h4-6,8-11,13,15H,7,12H2,1-3H3,(H,28,29)/b17-4+. The van der Waals surface area contributed by atoms with Crippen LogP contribution in [-0.2, 0) is 11.2 Å². The zero-order valence-electron chi connectivity index (χ0n) is 17.6. The largest absolute Gasteiger partial charge is 0.493 e. The van der Waals surface area contributed by atoms with Crippen LogP contribution in [0, 0.1) is 11.7 Å². The number of Topliss-reactive ketones (excluding diaryl/α,β-unsaturated/α-hetero) is 1. The van der Waals surface area contributed by atoms with Gasteiger partial charge in [0.25, 0.3) is 0 Å². The second-order valence-electron chi connectivity index (χ2n) is 7.94. The van der Waals surface area contributed by atoms with E-state index in [-0.39, 0.29) is 30.0 Å². The molecule has 7 heteroatoms. The number of carbonyl (C=O) groups excluding carboxylic acids is 1. The summed E-state index contributed by atoms with van der Waals surface area (Å²) in [4.78, 5) is 18.0. The van der Waals surface area contributed by atoms with Crippen molar-refractivity contribution >= 4 is 23.0 Å². The van der Waals surface area contributed by atoms with Crippen molar-refractivity contribution in [3.8, 4) is 17.0 Å². The van der Waals surface area contributed by atoms with Crippen LogP contribution in [0.5, 0.6) is 5.75 Å². The molecule has 0 bridgehead atoms. The van der Waals surface area contributed by atoms with Crippen LogP contribution < -0.4 is 4.74 Å². The number of fused-ring (bicyclic) bond motifs is 1. The van der Waals surface area contributed by atoms with Gasteiger partial charge in [-0.25, -0.2) is 4.39 Å². The second kappa shape index (κ2) is 8.63. The second-order valence-corrected chi connectivity index (χ2v) is 8.32. The van der Waals surface area contributed by atoms with Gasteiger partial charge in [0.15, 0.2) is 5.78 Å².